The van der Waals surface area contributed by atoms with Gasteiger partial charge in [-0.2, -0.15) is 40.2 Å². The molecule has 1 aliphatic carbocycles. The molecule has 0 aliphatic heterocycles. The number of benzene rings is 5. The molecule has 23 heteroatoms. The number of carbonyl (C=O) groups excluding carboxylic acids is 2. The summed E-state index contributed by atoms with van der Waals surface area (Å²) in [6, 6.07) is 20.3. The summed E-state index contributed by atoms with van der Waals surface area (Å²) in [5, 5.41) is 18.6. The van der Waals surface area contributed by atoms with Crippen molar-refractivity contribution >= 4 is 87.5 Å². The van der Waals surface area contributed by atoms with Gasteiger partial charge in [0.05, 0.1) is 33.1 Å². The third kappa shape index (κ3) is 7.98. The summed E-state index contributed by atoms with van der Waals surface area (Å²) in [6.07, 6.45) is 0.600. The zero-order valence-corrected chi connectivity index (χ0v) is 34.4. The maximum atomic E-state index is 14.5. The lowest BCUT2D eigenvalue weighted by atomic mass is 9.80. The highest BCUT2D eigenvalue weighted by Gasteiger charge is 2.34. The summed E-state index contributed by atoms with van der Waals surface area (Å²) in [7, 11) is -15.5. The molecule has 20 nitrogen and oxygen atoms in total. The number of aromatic hydroxyl groups is 1. The number of aryl methyl sites for hydroxylation is 1. The second-order valence-corrected chi connectivity index (χ2v) is 18.0. The van der Waals surface area contributed by atoms with Gasteiger partial charge >= 0.3 is 6.01 Å². The van der Waals surface area contributed by atoms with Crippen molar-refractivity contribution in [2.24, 2.45) is 0 Å². The van der Waals surface area contributed by atoms with Gasteiger partial charge in [0.2, 0.25) is 11.9 Å². The first-order valence-corrected chi connectivity index (χ1v) is 22.5. The minimum atomic E-state index is -5.36. The zero-order valence-electron chi connectivity index (χ0n) is 32.0. The van der Waals surface area contributed by atoms with Gasteiger partial charge in [0.25, 0.3) is 35.9 Å². The monoisotopic (exact) mass is 911 g/mol. The smallest absolute Gasteiger partial charge is 0.320 e. The van der Waals surface area contributed by atoms with E-state index in [0.29, 0.717) is 18.2 Å². The van der Waals surface area contributed by atoms with Crippen molar-refractivity contribution in [2.45, 2.75) is 28.0 Å². The van der Waals surface area contributed by atoms with Gasteiger partial charge in [-0.1, -0.05) is 61.5 Å². The van der Waals surface area contributed by atoms with E-state index in [-0.39, 0.29) is 50.4 Å². The predicted octanol–water partition coefficient (Wildman–Crippen LogP) is 5.39. The average Bonchev–Trinajstić information content (AvgIpc) is 3.21. The lowest BCUT2D eigenvalue weighted by Gasteiger charge is -2.24. The standard InChI is InChI=1S/C40H29N7O13S3/c1-2-19-8-3-6-13-24(19)43-38-45-39(47-40(51)46-38)44-28-17-27(29(62(55,56)57)18-30(28)63(58,59)60)41-26-15-14-25-32-31(22-11-4-5-12-23(22)36(49)33(26)32)34(37(50)42-25)35(48)20-9-7-10-21(16-20)61(52,53)54/h3-18,41H,2H2,1H3,(H,42,50)(H,52,53,54)(H,55,56,57)(H,58,59,60)(H3,43,44,45,46,47,51). The van der Waals surface area contributed by atoms with Gasteiger partial charge in [-0.05, 0) is 60.0 Å². The third-order valence-electron chi connectivity index (χ3n) is 9.89. The van der Waals surface area contributed by atoms with Gasteiger partial charge in [0.15, 0.2) is 11.6 Å². The Morgan fingerprint density at radius 1 is 0.635 bits per heavy atom. The van der Waals surface area contributed by atoms with Crippen molar-refractivity contribution < 1.29 is 53.6 Å². The summed E-state index contributed by atoms with van der Waals surface area (Å²) >= 11 is 0. The first-order valence-electron chi connectivity index (χ1n) is 18.2. The minimum absolute atomic E-state index is 0.0217. The average molecular weight is 912 g/mol. The Labute approximate surface area is 356 Å². The van der Waals surface area contributed by atoms with Crippen molar-refractivity contribution in [3.8, 4) is 17.1 Å². The van der Waals surface area contributed by atoms with E-state index in [0.717, 1.165) is 23.8 Å². The molecule has 5 aromatic carbocycles. The van der Waals surface area contributed by atoms with Gasteiger partial charge in [0.1, 0.15) is 9.79 Å². The van der Waals surface area contributed by atoms with Crippen LogP contribution in [0.15, 0.2) is 117 Å². The maximum absolute atomic E-state index is 14.5. The molecule has 1 aliphatic rings. The predicted molar refractivity (Wildman–Crippen MR) is 226 cm³/mol. The maximum Gasteiger partial charge on any atom is 0.320 e. The number of pyridine rings is 1. The van der Waals surface area contributed by atoms with E-state index in [4.69, 9.17) is 0 Å². The number of aromatic amines is 1. The van der Waals surface area contributed by atoms with Gasteiger partial charge < -0.3 is 26.0 Å². The van der Waals surface area contributed by atoms with E-state index in [1.807, 2.05) is 13.0 Å². The van der Waals surface area contributed by atoms with Crippen molar-refractivity contribution in [3.63, 3.8) is 0 Å². The largest absolute Gasteiger partial charge is 0.479 e. The molecule has 8 rings (SSSR count). The van der Waals surface area contributed by atoms with Crippen molar-refractivity contribution in [2.75, 3.05) is 16.0 Å². The number of carbonyl (C=O) groups is 2. The van der Waals surface area contributed by atoms with Crippen LogP contribution in [-0.4, -0.2) is 75.5 Å². The number of ketones is 2. The number of fused-ring (bicyclic) bond motifs is 2. The Morgan fingerprint density at radius 3 is 1.90 bits per heavy atom. The number of rotatable bonds is 12. The quantitative estimate of drug-likeness (QED) is 0.0562. The molecule has 0 unspecified atom stereocenters. The summed E-state index contributed by atoms with van der Waals surface area (Å²) in [5.41, 5.74) is -1.92. The highest BCUT2D eigenvalue weighted by Crippen LogP contribution is 2.45. The number of anilines is 6. The SMILES string of the molecule is CCc1ccccc1Nc1nc(O)nc(Nc2cc(Nc3ccc4[nH]c(=O)c(C(=O)c5cccc(S(=O)(=O)O)c5)c5c4c3C(=O)c3ccccc3-5)c(S(=O)(=O)O)cc2S(=O)(=O)O)n1. The number of aromatic nitrogens is 4. The normalized spacial score (nSPS) is 12.5. The van der Waals surface area contributed by atoms with Gasteiger partial charge in [0, 0.05) is 33.3 Å². The molecule has 0 radical (unpaired) electrons. The summed E-state index contributed by atoms with van der Waals surface area (Å²) < 4.78 is 105. The molecule has 0 spiro atoms. The van der Waals surface area contributed by atoms with Crippen molar-refractivity contribution in [1.82, 2.24) is 19.9 Å². The van der Waals surface area contributed by atoms with Crippen LogP contribution in [0.4, 0.5) is 34.6 Å². The Bertz CT molecular complexity index is 3540. The number of nitrogens with one attached hydrogen (secondary N) is 4. The van der Waals surface area contributed by atoms with E-state index < -0.39 is 91.1 Å². The molecule has 0 amide bonds. The first kappa shape index (κ1) is 42.3. The Hall–Kier alpha value is -7.41. The number of hydrogen-bond acceptors (Lipinski definition) is 16. The molecule has 7 aromatic rings. The Morgan fingerprint density at radius 2 is 1.25 bits per heavy atom. The molecular formula is C40H29N7O13S3. The molecule has 2 heterocycles. The molecule has 2 aromatic heterocycles. The van der Waals surface area contributed by atoms with Crippen LogP contribution in [0.25, 0.3) is 22.0 Å². The van der Waals surface area contributed by atoms with Crippen LogP contribution in [0.5, 0.6) is 6.01 Å². The topological polar surface area (TPSA) is 325 Å². The zero-order chi connectivity index (χ0) is 45.2. The summed E-state index contributed by atoms with van der Waals surface area (Å²) in [6.45, 7) is 1.90. The van der Waals surface area contributed by atoms with Crippen LogP contribution < -0.4 is 21.5 Å². The number of hydrogen-bond donors (Lipinski definition) is 8. The minimum Gasteiger partial charge on any atom is -0.479 e. The van der Waals surface area contributed by atoms with E-state index in [1.54, 1.807) is 24.3 Å². The van der Waals surface area contributed by atoms with E-state index in [9.17, 15) is 58.4 Å². The van der Waals surface area contributed by atoms with Crippen LogP contribution in [0.2, 0.25) is 0 Å². The van der Waals surface area contributed by atoms with Crippen molar-refractivity contribution in [1.29, 1.82) is 0 Å². The Kier molecular flexibility index (Phi) is 10.4. The van der Waals surface area contributed by atoms with Gasteiger partial charge in [-0.3, -0.25) is 28.0 Å². The molecule has 320 valence electrons. The first-order chi connectivity index (χ1) is 29.7. The van der Waals surface area contributed by atoms with E-state index in [2.05, 4.69) is 35.9 Å². The highest BCUT2D eigenvalue weighted by atomic mass is 32.2. The number of para-hydroxylation sites is 1. The van der Waals surface area contributed by atoms with Crippen LogP contribution in [-0.2, 0) is 36.8 Å². The highest BCUT2D eigenvalue weighted by molar-refractivity contribution is 7.87. The fourth-order valence-electron chi connectivity index (χ4n) is 7.19. The fraction of sp³-hybridized carbons (Fsp3) is 0.0500. The van der Waals surface area contributed by atoms with Crippen LogP contribution >= 0.6 is 0 Å². The molecule has 0 atom stereocenters. The Balaban J connectivity index is 1.31. The molecule has 0 fully saturated rings. The molecule has 0 saturated heterocycles. The van der Waals surface area contributed by atoms with Crippen LogP contribution in [0, 0.1) is 0 Å². The lowest BCUT2D eigenvalue weighted by molar-refractivity contribution is 0.102. The summed E-state index contributed by atoms with van der Waals surface area (Å²) in [4.78, 5) is 53.9. The van der Waals surface area contributed by atoms with Crippen molar-refractivity contribution in [3.05, 3.63) is 135 Å². The van der Waals surface area contributed by atoms with Gasteiger partial charge in [-0.25, -0.2) is 0 Å². The lowest BCUT2D eigenvalue weighted by Crippen LogP contribution is -2.24. The second-order valence-electron chi connectivity index (χ2n) is 13.8. The molecule has 63 heavy (non-hydrogen) atoms. The van der Waals surface area contributed by atoms with E-state index in [1.165, 1.54) is 42.5 Å². The second kappa shape index (κ2) is 15.5. The third-order valence-corrected chi connectivity index (χ3v) is 12.5. The number of nitrogens with zero attached hydrogens (tertiary/aromatic N) is 3. The number of H-pyrrole nitrogens is 1. The fourth-order valence-corrected chi connectivity index (χ4v) is 9.10. The molecule has 0 saturated carbocycles. The van der Waals surface area contributed by atoms with E-state index >= 15 is 0 Å². The van der Waals surface area contributed by atoms with Crippen LogP contribution in [0.1, 0.15) is 44.3 Å². The summed E-state index contributed by atoms with van der Waals surface area (Å²) in [5.74, 6) is -2.40. The molecule has 8 N–H and O–H groups in total. The van der Waals surface area contributed by atoms with Gasteiger partial charge in [-0.15, -0.1) is 0 Å². The molecular weight excluding hydrogens is 883 g/mol. The van der Waals surface area contributed by atoms with Crippen LogP contribution in [0.3, 0.4) is 0 Å². The molecule has 0 bridgehead atoms.